The maximum absolute atomic E-state index is 13.3. The lowest BCUT2D eigenvalue weighted by molar-refractivity contribution is 0.0672. The van der Waals surface area contributed by atoms with E-state index < -0.39 is 16.6 Å². The molecule has 0 saturated carbocycles. The predicted octanol–water partition coefficient (Wildman–Crippen LogP) is 5.66. The van der Waals surface area contributed by atoms with Crippen molar-refractivity contribution in [2.45, 2.75) is 45.6 Å². The maximum atomic E-state index is 13.3. The van der Waals surface area contributed by atoms with E-state index in [4.69, 9.17) is 4.12 Å². The van der Waals surface area contributed by atoms with Gasteiger partial charge in [-0.25, -0.2) is 4.90 Å². The third-order valence-corrected chi connectivity index (χ3v) is 14.6. The third kappa shape index (κ3) is 5.05. The van der Waals surface area contributed by atoms with E-state index in [0.29, 0.717) is 40.5 Å². The van der Waals surface area contributed by atoms with E-state index in [1.165, 1.54) is 9.80 Å². The first-order valence-electron chi connectivity index (χ1n) is 13.2. The smallest absolute Gasteiger partial charge is 0.266 e. The van der Waals surface area contributed by atoms with Crippen molar-refractivity contribution in [2.75, 3.05) is 11.1 Å². The van der Waals surface area contributed by atoms with Gasteiger partial charge in [0.1, 0.15) is 0 Å². The van der Waals surface area contributed by atoms with Crippen LogP contribution in [-0.2, 0) is 10.5 Å². The van der Waals surface area contributed by atoms with E-state index in [1.807, 2.05) is 18.2 Å². The molecule has 7 nitrogen and oxygen atoms in total. The number of hydrogen-bond donors (Lipinski definition) is 0. The molecule has 39 heavy (non-hydrogen) atoms. The van der Waals surface area contributed by atoms with Crippen molar-refractivity contribution in [1.82, 2.24) is 4.90 Å². The quantitative estimate of drug-likeness (QED) is 0.264. The summed E-state index contributed by atoms with van der Waals surface area (Å²) in [5.41, 5.74) is 3.78. The zero-order chi connectivity index (χ0) is 28.1. The molecule has 4 amide bonds. The van der Waals surface area contributed by atoms with Gasteiger partial charge in [0.05, 0.1) is 27.9 Å². The van der Waals surface area contributed by atoms with Gasteiger partial charge < -0.3 is 4.12 Å². The van der Waals surface area contributed by atoms with Crippen LogP contribution < -0.4 is 4.90 Å². The van der Waals surface area contributed by atoms with Gasteiger partial charge in [-0.3, -0.25) is 24.1 Å². The van der Waals surface area contributed by atoms with Crippen molar-refractivity contribution >= 4 is 46.0 Å². The third-order valence-electron chi connectivity index (χ3n) is 7.35. The van der Waals surface area contributed by atoms with Gasteiger partial charge in [-0.1, -0.05) is 37.3 Å². The average molecular weight is 557 g/mol. The molecule has 9 heteroatoms. The summed E-state index contributed by atoms with van der Waals surface area (Å²) in [6.45, 7) is 10.6. The normalized spacial score (nSPS) is 15.3. The Bertz CT molecular complexity index is 1520. The molecular weight excluding hydrogens is 525 g/mol. The van der Waals surface area contributed by atoms with Gasteiger partial charge in [-0.15, -0.1) is 0 Å². The fourth-order valence-corrected chi connectivity index (χ4v) is 13.1. The highest BCUT2D eigenvalue weighted by atomic mass is 28.4. The Labute approximate surface area is 230 Å². The van der Waals surface area contributed by atoms with Gasteiger partial charge >= 0.3 is 0 Å². The van der Waals surface area contributed by atoms with Crippen LogP contribution in [-0.4, -0.2) is 51.3 Å². The molecular formula is C30H32N2O5Si2. The molecule has 0 fully saturated rings. The second-order valence-electron chi connectivity index (χ2n) is 11.4. The van der Waals surface area contributed by atoms with Crippen LogP contribution in [0.25, 0.3) is 0 Å². The Morgan fingerprint density at radius 1 is 0.641 bits per heavy atom. The fourth-order valence-electron chi connectivity index (χ4n) is 5.27. The Balaban J connectivity index is 1.35. The summed E-state index contributed by atoms with van der Waals surface area (Å²) in [5.74, 6) is -1.25. The number of carbonyl (C=O) groups is 4. The van der Waals surface area contributed by atoms with Crippen molar-refractivity contribution in [3.05, 3.63) is 100 Å². The maximum Gasteiger partial charge on any atom is 0.266 e. The summed E-state index contributed by atoms with van der Waals surface area (Å²) in [6.07, 6.45) is 0.776. The highest BCUT2D eigenvalue weighted by molar-refractivity contribution is 6.85. The minimum Gasteiger partial charge on any atom is -0.454 e. The van der Waals surface area contributed by atoms with Gasteiger partial charge in [-0.2, -0.15) is 0 Å². The number of fused-ring (bicyclic) bond motifs is 2. The first-order chi connectivity index (χ1) is 18.4. The van der Waals surface area contributed by atoms with Crippen molar-refractivity contribution in [3.8, 4) is 0 Å². The number of anilines is 1. The Morgan fingerprint density at radius 2 is 1.15 bits per heavy atom. The van der Waals surface area contributed by atoms with Crippen LogP contribution in [0.2, 0.25) is 32.2 Å². The van der Waals surface area contributed by atoms with E-state index in [-0.39, 0.29) is 23.6 Å². The van der Waals surface area contributed by atoms with Gasteiger partial charge in [0, 0.05) is 6.17 Å². The molecule has 200 valence electrons. The molecule has 2 aliphatic rings. The number of para-hydroxylation sites is 1. The lowest BCUT2D eigenvalue weighted by atomic mass is 9.98. The van der Waals surface area contributed by atoms with Crippen LogP contribution in [0.1, 0.15) is 59.5 Å². The largest absolute Gasteiger partial charge is 0.454 e. The average Bonchev–Trinajstić information content (AvgIpc) is 3.28. The van der Waals surface area contributed by atoms with Gasteiger partial charge in [0.25, 0.3) is 23.6 Å². The number of rotatable bonds is 8. The number of benzene rings is 3. The molecule has 5 rings (SSSR count). The topological polar surface area (TPSA) is 84.0 Å². The summed E-state index contributed by atoms with van der Waals surface area (Å²) >= 11 is 0. The number of carbonyl (C=O) groups excluding carboxylic acids is 4. The van der Waals surface area contributed by atoms with Gasteiger partial charge in [0.2, 0.25) is 0 Å². The van der Waals surface area contributed by atoms with E-state index >= 15 is 0 Å². The zero-order valence-corrected chi connectivity index (χ0v) is 24.9. The molecule has 0 unspecified atom stereocenters. The Kier molecular flexibility index (Phi) is 6.78. The second-order valence-corrected chi connectivity index (χ2v) is 20.3. The van der Waals surface area contributed by atoms with Crippen LogP contribution in [0.15, 0.2) is 66.7 Å². The summed E-state index contributed by atoms with van der Waals surface area (Å²) in [4.78, 5) is 55.0. The molecule has 0 spiro atoms. The van der Waals surface area contributed by atoms with E-state index in [2.05, 4.69) is 33.1 Å². The van der Waals surface area contributed by atoms with Crippen LogP contribution >= 0.6 is 0 Å². The number of nitrogens with zero attached hydrogens (tertiary/aromatic N) is 2. The van der Waals surface area contributed by atoms with E-state index in [0.717, 1.165) is 17.2 Å². The summed E-state index contributed by atoms with van der Waals surface area (Å²) < 4.78 is 6.50. The first kappa shape index (κ1) is 26.9. The molecule has 0 atom stereocenters. The minimum atomic E-state index is -2.29. The first-order valence-corrected chi connectivity index (χ1v) is 19.4. The van der Waals surface area contributed by atoms with Crippen molar-refractivity contribution in [2.24, 2.45) is 0 Å². The second kappa shape index (κ2) is 9.82. The lowest BCUT2D eigenvalue weighted by Gasteiger charge is -2.35. The number of imide groups is 2. The monoisotopic (exact) mass is 556 g/mol. The van der Waals surface area contributed by atoms with Crippen molar-refractivity contribution < 1.29 is 23.3 Å². The van der Waals surface area contributed by atoms with Crippen LogP contribution in [0, 0.1) is 0 Å². The van der Waals surface area contributed by atoms with Gasteiger partial charge in [-0.05, 0) is 86.2 Å². The molecule has 0 N–H and O–H groups in total. The molecule has 2 heterocycles. The van der Waals surface area contributed by atoms with Crippen LogP contribution in [0.5, 0.6) is 0 Å². The molecule has 3 aromatic rings. The minimum absolute atomic E-state index is 0.274. The summed E-state index contributed by atoms with van der Waals surface area (Å²) in [5, 5.41) is 0. The van der Waals surface area contributed by atoms with E-state index in [9.17, 15) is 19.2 Å². The van der Waals surface area contributed by atoms with Crippen LogP contribution in [0.3, 0.4) is 0 Å². The molecule has 3 aromatic carbocycles. The highest BCUT2D eigenvalue weighted by Gasteiger charge is 2.42. The summed E-state index contributed by atoms with van der Waals surface area (Å²) in [7, 11) is -4.13. The van der Waals surface area contributed by atoms with Gasteiger partial charge in [0.15, 0.2) is 16.6 Å². The molecule has 0 bridgehead atoms. The zero-order valence-electron chi connectivity index (χ0n) is 22.9. The standard InChI is InChI=1S/C30H32N2O5Si2/c1-6-38(2,3)37-39(4,5)19-31-27(33)23-14-12-20(17-25(23)28(31)34)16-21-13-15-24-26(18-21)30(36)32(29(24)35)22-10-8-7-9-11-22/h7-15,17-18H,6,16,19H2,1-5H3. The Hall–Kier alpha value is -3.67. The predicted molar refractivity (Wildman–Crippen MR) is 155 cm³/mol. The molecule has 0 aromatic heterocycles. The van der Waals surface area contributed by atoms with Crippen molar-refractivity contribution in [3.63, 3.8) is 0 Å². The molecule has 0 aliphatic carbocycles. The highest BCUT2D eigenvalue weighted by Crippen LogP contribution is 2.31. The van der Waals surface area contributed by atoms with Crippen molar-refractivity contribution in [1.29, 1.82) is 0 Å². The lowest BCUT2D eigenvalue weighted by Crippen LogP contribution is -2.52. The molecule has 0 saturated heterocycles. The molecule has 0 radical (unpaired) electrons. The SMILES string of the molecule is CC[Si](C)(C)O[Si](C)(C)CN1C(=O)c2ccc(Cc3ccc4c(c3)C(=O)N(c3ccccc3)C4=O)cc2C1=O. The Morgan fingerprint density at radius 3 is 1.74 bits per heavy atom. The summed E-state index contributed by atoms with van der Waals surface area (Å²) in [6, 6.07) is 20.4. The van der Waals surface area contributed by atoms with E-state index in [1.54, 1.807) is 48.5 Å². The number of amides is 4. The van der Waals surface area contributed by atoms with Crippen LogP contribution in [0.4, 0.5) is 5.69 Å². The molecule has 2 aliphatic heterocycles. The number of hydrogen-bond acceptors (Lipinski definition) is 5. The fraction of sp³-hybridized carbons (Fsp3) is 0.267.